The van der Waals surface area contributed by atoms with Crippen LogP contribution in [-0.4, -0.2) is 42.2 Å². The van der Waals surface area contributed by atoms with E-state index < -0.39 is 27.5 Å². The van der Waals surface area contributed by atoms with Crippen LogP contribution in [0.1, 0.15) is 24.2 Å². The highest BCUT2D eigenvalue weighted by molar-refractivity contribution is 7.89. The van der Waals surface area contributed by atoms with Crippen molar-refractivity contribution in [1.29, 1.82) is 5.26 Å². The molecule has 25 heavy (non-hydrogen) atoms. The number of hydrogen-bond acceptors (Lipinski definition) is 5. The quantitative estimate of drug-likeness (QED) is 0.823. The van der Waals surface area contributed by atoms with Crippen molar-refractivity contribution in [2.24, 2.45) is 0 Å². The summed E-state index contributed by atoms with van der Waals surface area (Å²) in [7, 11) is -4.00. The van der Waals surface area contributed by atoms with E-state index in [9.17, 15) is 12.8 Å². The molecule has 0 amide bonds. The van der Waals surface area contributed by atoms with Gasteiger partial charge in [-0.25, -0.2) is 12.8 Å². The first kappa shape index (κ1) is 17.5. The fourth-order valence-electron chi connectivity index (χ4n) is 2.73. The van der Waals surface area contributed by atoms with Gasteiger partial charge in [0, 0.05) is 31.4 Å². The molecule has 1 saturated heterocycles. The standard InChI is InChI=1S/C16H17FN4O3S/c1-2-20-10-12(9-19-20)15-11-21(6-7-24-15)25(22,23)16-5-3-4-14(17)13(16)8-18/h3-5,9-10,15H,2,6-7,11H2,1H3/t15-/m1/s1. The fraction of sp³-hybridized carbons (Fsp3) is 0.375. The minimum atomic E-state index is -4.00. The normalized spacial score (nSPS) is 18.8. The Labute approximate surface area is 145 Å². The number of sulfonamides is 1. The van der Waals surface area contributed by atoms with E-state index in [-0.39, 0.29) is 24.6 Å². The summed E-state index contributed by atoms with van der Waals surface area (Å²) >= 11 is 0. The number of nitrogens with zero attached hydrogens (tertiary/aromatic N) is 4. The van der Waals surface area contributed by atoms with E-state index in [1.807, 2.05) is 13.1 Å². The molecule has 0 spiro atoms. The largest absolute Gasteiger partial charge is 0.371 e. The first-order valence-electron chi connectivity index (χ1n) is 7.80. The molecule has 1 aliphatic heterocycles. The molecular formula is C16H17FN4O3S. The molecule has 2 heterocycles. The van der Waals surface area contributed by atoms with Gasteiger partial charge in [0.15, 0.2) is 0 Å². The molecule has 0 N–H and O–H groups in total. The predicted octanol–water partition coefficient (Wildman–Crippen LogP) is 1.68. The molecule has 0 bridgehead atoms. The lowest BCUT2D eigenvalue weighted by Crippen LogP contribution is -2.42. The lowest BCUT2D eigenvalue weighted by atomic mass is 10.2. The van der Waals surface area contributed by atoms with Crippen LogP contribution in [0, 0.1) is 17.1 Å². The number of halogens is 1. The summed E-state index contributed by atoms with van der Waals surface area (Å²) in [5.74, 6) is -0.849. The Bertz CT molecular complexity index is 920. The van der Waals surface area contributed by atoms with Crippen molar-refractivity contribution < 1.29 is 17.5 Å². The van der Waals surface area contributed by atoms with Crippen LogP contribution in [0.4, 0.5) is 4.39 Å². The van der Waals surface area contributed by atoms with Gasteiger partial charge in [0.05, 0.1) is 18.9 Å². The van der Waals surface area contributed by atoms with Gasteiger partial charge in [0.2, 0.25) is 10.0 Å². The molecule has 2 aromatic rings. The molecule has 1 aliphatic rings. The zero-order valence-electron chi connectivity index (χ0n) is 13.6. The molecule has 1 fully saturated rings. The van der Waals surface area contributed by atoms with Crippen molar-refractivity contribution in [3.05, 3.63) is 47.5 Å². The number of morpholine rings is 1. The van der Waals surface area contributed by atoms with Crippen LogP contribution < -0.4 is 0 Å². The Morgan fingerprint density at radius 2 is 2.28 bits per heavy atom. The molecule has 132 valence electrons. The second-order valence-electron chi connectivity index (χ2n) is 5.58. The van der Waals surface area contributed by atoms with Crippen molar-refractivity contribution in [3.63, 3.8) is 0 Å². The molecule has 1 aromatic carbocycles. The predicted molar refractivity (Wildman–Crippen MR) is 86.5 cm³/mol. The summed E-state index contributed by atoms with van der Waals surface area (Å²) in [5, 5.41) is 13.3. The van der Waals surface area contributed by atoms with E-state index in [1.165, 1.54) is 16.4 Å². The van der Waals surface area contributed by atoms with E-state index in [4.69, 9.17) is 10.00 Å². The van der Waals surface area contributed by atoms with Gasteiger partial charge in [-0.05, 0) is 19.1 Å². The summed E-state index contributed by atoms with van der Waals surface area (Å²) in [6.07, 6.45) is 3.00. The highest BCUT2D eigenvalue weighted by atomic mass is 32.2. The van der Waals surface area contributed by atoms with E-state index >= 15 is 0 Å². The average molecular weight is 364 g/mol. The summed E-state index contributed by atoms with van der Waals surface area (Å²) in [6.45, 7) is 3.08. The van der Waals surface area contributed by atoms with Gasteiger partial charge in [-0.15, -0.1) is 0 Å². The summed E-state index contributed by atoms with van der Waals surface area (Å²) in [5.41, 5.74) is 0.311. The van der Waals surface area contributed by atoms with Crippen LogP contribution >= 0.6 is 0 Å². The Kier molecular flexibility index (Phi) is 4.85. The molecule has 0 aliphatic carbocycles. The lowest BCUT2D eigenvalue weighted by molar-refractivity contribution is -0.00261. The third-order valence-electron chi connectivity index (χ3n) is 4.08. The van der Waals surface area contributed by atoms with Gasteiger partial charge in [-0.3, -0.25) is 4.68 Å². The maximum atomic E-state index is 13.8. The average Bonchev–Trinajstić information content (AvgIpc) is 3.11. The van der Waals surface area contributed by atoms with E-state index in [1.54, 1.807) is 16.9 Å². The molecule has 0 saturated carbocycles. The second kappa shape index (κ2) is 6.92. The number of rotatable bonds is 4. The number of hydrogen-bond donors (Lipinski definition) is 0. The summed E-state index contributed by atoms with van der Waals surface area (Å²) < 4.78 is 48.2. The first-order valence-corrected chi connectivity index (χ1v) is 9.24. The summed E-state index contributed by atoms with van der Waals surface area (Å²) in [4.78, 5) is -0.320. The third-order valence-corrected chi connectivity index (χ3v) is 5.99. The van der Waals surface area contributed by atoms with Crippen LogP contribution in [0.2, 0.25) is 0 Å². The smallest absolute Gasteiger partial charge is 0.244 e. The maximum absolute atomic E-state index is 13.8. The van der Waals surface area contributed by atoms with Gasteiger partial charge in [-0.1, -0.05) is 6.07 Å². The summed E-state index contributed by atoms with van der Waals surface area (Å²) in [6, 6.07) is 5.24. The second-order valence-corrected chi connectivity index (χ2v) is 7.48. The number of benzene rings is 1. The first-order chi connectivity index (χ1) is 12.0. The van der Waals surface area contributed by atoms with Crippen LogP contribution in [0.5, 0.6) is 0 Å². The maximum Gasteiger partial charge on any atom is 0.244 e. The molecule has 1 atom stereocenters. The minimum Gasteiger partial charge on any atom is -0.371 e. The lowest BCUT2D eigenvalue weighted by Gasteiger charge is -2.31. The molecule has 1 aromatic heterocycles. The molecule has 9 heteroatoms. The van der Waals surface area contributed by atoms with Gasteiger partial charge in [0.25, 0.3) is 0 Å². The SMILES string of the molecule is CCn1cc([C@H]2CN(S(=O)(=O)c3cccc(F)c3C#N)CCO2)cn1. The zero-order valence-corrected chi connectivity index (χ0v) is 14.4. The Hall–Kier alpha value is -2.28. The van der Waals surface area contributed by atoms with E-state index in [0.717, 1.165) is 11.6 Å². The topological polar surface area (TPSA) is 88.2 Å². The van der Waals surface area contributed by atoms with Crippen molar-refractivity contribution in [1.82, 2.24) is 14.1 Å². The number of ether oxygens (including phenoxy) is 1. The van der Waals surface area contributed by atoms with Crippen molar-refractivity contribution in [2.45, 2.75) is 24.5 Å². The van der Waals surface area contributed by atoms with Crippen LogP contribution in [0.25, 0.3) is 0 Å². The van der Waals surface area contributed by atoms with Crippen LogP contribution in [0.15, 0.2) is 35.5 Å². The highest BCUT2D eigenvalue weighted by Crippen LogP contribution is 2.28. The minimum absolute atomic E-state index is 0.0825. The van der Waals surface area contributed by atoms with Crippen LogP contribution in [0.3, 0.4) is 0 Å². The van der Waals surface area contributed by atoms with E-state index in [2.05, 4.69) is 5.10 Å². The van der Waals surface area contributed by atoms with Crippen molar-refractivity contribution in [3.8, 4) is 6.07 Å². The third kappa shape index (κ3) is 3.28. The molecular weight excluding hydrogens is 347 g/mol. The van der Waals surface area contributed by atoms with Crippen molar-refractivity contribution >= 4 is 10.0 Å². The molecule has 0 radical (unpaired) electrons. The molecule has 3 rings (SSSR count). The number of aryl methyl sites for hydroxylation is 1. The van der Waals surface area contributed by atoms with Gasteiger partial charge < -0.3 is 4.74 Å². The van der Waals surface area contributed by atoms with Crippen molar-refractivity contribution in [2.75, 3.05) is 19.7 Å². The number of nitriles is 1. The monoisotopic (exact) mass is 364 g/mol. The zero-order chi connectivity index (χ0) is 18.0. The van der Waals surface area contributed by atoms with Gasteiger partial charge in [0.1, 0.15) is 22.3 Å². The Morgan fingerprint density at radius 1 is 1.48 bits per heavy atom. The molecule has 0 unspecified atom stereocenters. The highest BCUT2D eigenvalue weighted by Gasteiger charge is 2.34. The number of aromatic nitrogens is 2. The Balaban J connectivity index is 1.90. The van der Waals surface area contributed by atoms with Gasteiger partial charge in [-0.2, -0.15) is 14.7 Å². The van der Waals surface area contributed by atoms with E-state index in [0.29, 0.717) is 6.54 Å². The van der Waals surface area contributed by atoms with Crippen LogP contribution in [-0.2, 0) is 21.3 Å². The fourth-order valence-corrected chi connectivity index (χ4v) is 4.31. The van der Waals surface area contributed by atoms with Gasteiger partial charge >= 0.3 is 0 Å². The molecule has 7 nitrogen and oxygen atoms in total. The Morgan fingerprint density at radius 3 is 2.96 bits per heavy atom.